The number of methoxy groups -OCH3 is 4. The summed E-state index contributed by atoms with van der Waals surface area (Å²) in [5.74, 6) is 3.13. The quantitative estimate of drug-likeness (QED) is 0.457. The Morgan fingerprint density at radius 2 is 1.15 bits per heavy atom. The molecule has 2 heterocycles. The minimum atomic E-state index is 0. The van der Waals surface area contributed by atoms with E-state index in [1.807, 2.05) is 0 Å². The van der Waals surface area contributed by atoms with Crippen LogP contribution in [0, 0.1) is 6.92 Å². The van der Waals surface area contributed by atoms with Crippen molar-refractivity contribution >= 4 is 12.4 Å². The molecule has 0 spiro atoms. The van der Waals surface area contributed by atoms with E-state index >= 15 is 0 Å². The van der Waals surface area contributed by atoms with Crippen LogP contribution in [0.4, 0.5) is 0 Å². The van der Waals surface area contributed by atoms with E-state index in [2.05, 4.69) is 60.4 Å². The molecule has 5 rings (SSSR count). The van der Waals surface area contributed by atoms with Crippen LogP contribution in [0.3, 0.4) is 0 Å². The van der Waals surface area contributed by atoms with Crippen LogP contribution in [-0.4, -0.2) is 33.3 Å². The topological polar surface area (TPSA) is 40.2 Å². The van der Waals surface area contributed by atoms with Gasteiger partial charge in [-0.1, -0.05) is 29.8 Å². The maximum Gasteiger partial charge on any atom is 0.161 e. The Balaban J connectivity index is 0.00000274. The Labute approximate surface area is 208 Å². The standard InChI is InChI=1S/C28H31NO4.ClH/c1-17-6-8-18(9-7-17)23-11-20-13-26(31-3)28(33-5)15-22(20)24-10-19-12-25(30-2)27(32-4)14-21(19)16-29(23)24;/h6-9,12-15,23-24H,10-11,16H2,1-5H3;1H. The van der Waals surface area contributed by atoms with E-state index in [4.69, 9.17) is 18.9 Å². The molecule has 2 aliphatic heterocycles. The van der Waals surface area contributed by atoms with E-state index in [1.165, 1.54) is 33.4 Å². The van der Waals surface area contributed by atoms with Crippen LogP contribution in [0.15, 0.2) is 48.5 Å². The van der Waals surface area contributed by atoms with Crippen molar-refractivity contribution in [2.24, 2.45) is 0 Å². The second kappa shape index (κ2) is 9.77. The number of fused-ring (bicyclic) bond motifs is 4. The van der Waals surface area contributed by atoms with Crippen LogP contribution < -0.4 is 18.9 Å². The van der Waals surface area contributed by atoms with E-state index in [0.717, 1.165) is 42.4 Å². The van der Waals surface area contributed by atoms with Gasteiger partial charge in [-0.3, -0.25) is 4.90 Å². The third kappa shape index (κ3) is 4.08. The Morgan fingerprint density at radius 3 is 1.74 bits per heavy atom. The van der Waals surface area contributed by atoms with Gasteiger partial charge in [0, 0.05) is 18.6 Å². The van der Waals surface area contributed by atoms with Crippen molar-refractivity contribution in [3.8, 4) is 23.0 Å². The summed E-state index contributed by atoms with van der Waals surface area (Å²) in [6.45, 7) is 2.99. The molecule has 0 aromatic heterocycles. The van der Waals surface area contributed by atoms with Crippen LogP contribution in [0.25, 0.3) is 0 Å². The first kappa shape index (κ1) is 24.2. The molecule has 5 nitrogen and oxygen atoms in total. The lowest BCUT2D eigenvalue weighted by atomic mass is 9.79. The fourth-order valence-corrected chi connectivity index (χ4v) is 5.40. The summed E-state index contributed by atoms with van der Waals surface area (Å²) >= 11 is 0. The Kier molecular flexibility index (Phi) is 6.96. The van der Waals surface area contributed by atoms with E-state index in [-0.39, 0.29) is 24.5 Å². The summed E-state index contributed by atoms with van der Waals surface area (Å²) in [6, 6.07) is 18.1. The highest BCUT2D eigenvalue weighted by Gasteiger charge is 2.39. The van der Waals surface area contributed by atoms with Crippen molar-refractivity contribution in [2.45, 2.75) is 38.4 Å². The molecule has 0 saturated heterocycles. The fourth-order valence-electron chi connectivity index (χ4n) is 5.40. The number of benzene rings is 3. The maximum atomic E-state index is 5.66. The lowest BCUT2D eigenvalue weighted by Crippen LogP contribution is -2.41. The summed E-state index contributed by atoms with van der Waals surface area (Å²) < 4.78 is 22.5. The van der Waals surface area contributed by atoms with Gasteiger partial charge >= 0.3 is 0 Å². The Morgan fingerprint density at radius 1 is 0.647 bits per heavy atom. The van der Waals surface area contributed by atoms with Crippen LogP contribution >= 0.6 is 12.4 Å². The molecular formula is C28H32ClNO4. The second-order valence-corrected chi connectivity index (χ2v) is 8.90. The molecule has 0 radical (unpaired) electrons. The molecule has 2 unspecified atom stereocenters. The summed E-state index contributed by atoms with van der Waals surface area (Å²) in [5.41, 5.74) is 7.86. The minimum absolute atomic E-state index is 0. The molecule has 34 heavy (non-hydrogen) atoms. The van der Waals surface area contributed by atoms with Gasteiger partial charge in [-0.05, 0) is 71.8 Å². The van der Waals surface area contributed by atoms with Crippen LogP contribution in [0.1, 0.15) is 45.5 Å². The molecule has 0 amide bonds. The van der Waals surface area contributed by atoms with E-state index in [9.17, 15) is 0 Å². The van der Waals surface area contributed by atoms with Gasteiger partial charge in [0.15, 0.2) is 23.0 Å². The molecule has 0 fully saturated rings. The number of rotatable bonds is 5. The Hall–Kier alpha value is -2.89. The maximum absolute atomic E-state index is 5.66. The molecule has 180 valence electrons. The molecular weight excluding hydrogens is 450 g/mol. The predicted molar refractivity (Wildman–Crippen MR) is 136 cm³/mol. The Bertz CT molecular complexity index is 1180. The van der Waals surface area contributed by atoms with Crippen LogP contribution in [0.2, 0.25) is 0 Å². The first-order chi connectivity index (χ1) is 16.1. The van der Waals surface area contributed by atoms with E-state index in [0.29, 0.717) is 0 Å². The monoisotopic (exact) mass is 481 g/mol. The summed E-state index contributed by atoms with van der Waals surface area (Å²) in [7, 11) is 6.79. The zero-order valence-corrected chi connectivity index (χ0v) is 21.2. The predicted octanol–water partition coefficient (Wildman–Crippen LogP) is 5.85. The van der Waals surface area contributed by atoms with Gasteiger partial charge < -0.3 is 18.9 Å². The van der Waals surface area contributed by atoms with Crippen molar-refractivity contribution in [1.29, 1.82) is 0 Å². The molecule has 2 aliphatic rings. The number of ether oxygens (including phenoxy) is 4. The van der Waals surface area contributed by atoms with Gasteiger partial charge in [-0.2, -0.15) is 0 Å². The summed E-state index contributed by atoms with van der Waals surface area (Å²) in [5, 5.41) is 0. The largest absolute Gasteiger partial charge is 0.493 e. The summed E-state index contributed by atoms with van der Waals surface area (Å²) in [6.07, 6.45) is 1.83. The molecule has 6 heteroatoms. The lowest BCUT2D eigenvalue weighted by molar-refractivity contribution is 0.0948. The highest BCUT2D eigenvalue weighted by atomic mass is 35.5. The third-order valence-electron chi connectivity index (χ3n) is 7.15. The zero-order chi connectivity index (χ0) is 23.1. The molecule has 3 aromatic carbocycles. The van der Waals surface area contributed by atoms with Crippen molar-refractivity contribution in [3.63, 3.8) is 0 Å². The number of nitrogens with zero attached hydrogens (tertiary/aromatic N) is 1. The van der Waals surface area contributed by atoms with Crippen molar-refractivity contribution < 1.29 is 18.9 Å². The summed E-state index contributed by atoms with van der Waals surface area (Å²) in [4.78, 5) is 2.63. The van der Waals surface area contributed by atoms with Crippen molar-refractivity contribution in [3.05, 3.63) is 81.9 Å². The number of halogens is 1. The average Bonchev–Trinajstić information content (AvgIpc) is 2.85. The van der Waals surface area contributed by atoms with Gasteiger partial charge in [0.25, 0.3) is 0 Å². The van der Waals surface area contributed by atoms with Crippen LogP contribution in [-0.2, 0) is 19.4 Å². The van der Waals surface area contributed by atoms with Gasteiger partial charge in [0.05, 0.1) is 28.4 Å². The molecule has 0 bridgehead atoms. The van der Waals surface area contributed by atoms with Crippen molar-refractivity contribution in [1.82, 2.24) is 4.90 Å². The van der Waals surface area contributed by atoms with Crippen LogP contribution in [0.5, 0.6) is 23.0 Å². The van der Waals surface area contributed by atoms with Gasteiger partial charge in [0.1, 0.15) is 0 Å². The molecule has 0 saturated carbocycles. The first-order valence-electron chi connectivity index (χ1n) is 11.4. The highest BCUT2D eigenvalue weighted by Crippen LogP contribution is 2.49. The molecule has 0 aliphatic carbocycles. The SMILES string of the molecule is COc1cc2c(cc1OC)CN1C(c3ccc(C)cc3)Cc3cc(OC)c(OC)cc3C1C2.Cl. The first-order valence-corrected chi connectivity index (χ1v) is 11.4. The van der Waals surface area contributed by atoms with Gasteiger partial charge in [0.2, 0.25) is 0 Å². The molecule has 3 aromatic rings. The average molecular weight is 482 g/mol. The smallest absolute Gasteiger partial charge is 0.161 e. The third-order valence-corrected chi connectivity index (χ3v) is 7.15. The number of aryl methyl sites for hydroxylation is 1. The number of hydrogen-bond acceptors (Lipinski definition) is 5. The highest BCUT2D eigenvalue weighted by molar-refractivity contribution is 5.85. The van der Waals surface area contributed by atoms with Gasteiger partial charge in [-0.25, -0.2) is 0 Å². The lowest BCUT2D eigenvalue weighted by Gasteiger charge is -2.47. The molecule has 0 N–H and O–H groups in total. The van der Waals surface area contributed by atoms with Gasteiger partial charge in [-0.15, -0.1) is 12.4 Å². The minimum Gasteiger partial charge on any atom is -0.493 e. The second-order valence-electron chi connectivity index (χ2n) is 8.90. The zero-order valence-electron chi connectivity index (χ0n) is 20.4. The number of hydrogen-bond donors (Lipinski definition) is 0. The van der Waals surface area contributed by atoms with E-state index in [1.54, 1.807) is 28.4 Å². The fraction of sp³-hybridized carbons (Fsp3) is 0.357. The van der Waals surface area contributed by atoms with E-state index < -0.39 is 0 Å². The normalized spacial score (nSPS) is 18.6. The molecule has 2 atom stereocenters. The van der Waals surface area contributed by atoms with Crippen molar-refractivity contribution in [2.75, 3.05) is 28.4 Å².